The molecule has 0 unspecified atom stereocenters. The molecule has 8 heteroatoms. The molecular weight excluding hydrogens is 516 g/mol. The molecule has 3 heterocycles. The zero-order valence-corrected chi connectivity index (χ0v) is 21.9. The Labute approximate surface area is 219 Å². The van der Waals surface area contributed by atoms with Crippen LogP contribution in [0.5, 0.6) is 11.6 Å². The van der Waals surface area contributed by atoms with Crippen molar-refractivity contribution < 1.29 is 4.74 Å². The minimum atomic E-state index is 0.289. The normalized spacial score (nSPS) is 13.9. The third-order valence-electron chi connectivity index (χ3n) is 6.55. The molecular formula is C28H27BrN6O. The van der Waals surface area contributed by atoms with Gasteiger partial charge in [0, 0.05) is 24.2 Å². The predicted molar refractivity (Wildman–Crippen MR) is 144 cm³/mol. The minimum Gasteiger partial charge on any atom is -0.437 e. The van der Waals surface area contributed by atoms with Crippen molar-refractivity contribution in [1.29, 1.82) is 5.26 Å². The van der Waals surface area contributed by atoms with E-state index in [-0.39, 0.29) is 6.04 Å². The van der Waals surface area contributed by atoms with Gasteiger partial charge in [-0.15, -0.1) is 0 Å². The van der Waals surface area contributed by atoms with Crippen molar-refractivity contribution in [2.24, 2.45) is 0 Å². The van der Waals surface area contributed by atoms with Crippen LogP contribution in [0.15, 0.2) is 59.3 Å². The molecule has 182 valence electrons. The van der Waals surface area contributed by atoms with Crippen molar-refractivity contribution in [3.63, 3.8) is 0 Å². The van der Waals surface area contributed by atoms with Gasteiger partial charge in [0.2, 0.25) is 11.8 Å². The first-order valence-corrected chi connectivity index (χ1v) is 12.8. The van der Waals surface area contributed by atoms with Crippen LogP contribution in [0.25, 0.3) is 10.9 Å². The number of nitrogens with one attached hydrogen (secondary N) is 1. The summed E-state index contributed by atoms with van der Waals surface area (Å²) in [5.74, 6) is 1.77. The predicted octanol–water partition coefficient (Wildman–Crippen LogP) is 5.83. The van der Waals surface area contributed by atoms with E-state index in [9.17, 15) is 5.26 Å². The number of nitriles is 1. The number of hydrogen-bond donors (Lipinski definition) is 1. The van der Waals surface area contributed by atoms with Gasteiger partial charge in [-0.05, 0) is 90.6 Å². The van der Waals surface area contributed by atoms with Crippen molar-refractivity contribution >= 4 is 32.8 Å². The third-order valence-corrected chi connectivity index (χ3v) is 7.09. The number of anilines is 1. The van der Waals surface area contributed by atoms with Crippen LogP contribution in [0, 0.1) is 25.2 Å². The van der Waals surface area contributed by atoms with Gasteiger partial charge in [-0.1, -0.05) is 24.3 Å². The van der Waals surface area contributed by atoms with Crippen LogP contribution in [0.4, 0.5) is 5.95 Å². The molecule has 1 saturated heterocycles. The first kappa shape index (κ1) is 24.2. The number of aryl methyl sites for hydroxylation is 2. The summed E-state index contributed by atoms with van der Waals surface area (Å²) >= 11 is 3.57. The summed E-state index contributed by atoms with van der Waals surface area (Å²) < 4.78 is 6.98. The van der Waals surface area contributed by atoms with Gasteiger partial charge in [-0.2, -0.15) is 10.2 Å². The summed E-state index contributed by atoms with van der Waals surface area (Å²) in [5, 5.41) is 13.9. The van der Waals surface area contributed by atoms with Gasteiger partial charge in [0.15, 0.2) is 0 Å². The quantitative estimate of drug-likeness (QED) is 0.328. The van der Waals surface area contributed by atoms with E-state index in [1.807, 2.05) is 38.2 Å². The third kappa shape index (κ3) is 5.03. The fourth-order valence-electron chi connectivity index (χ4n) is 4.79. The maximum atomic E-state index is 9.29. The Balaban J connectivity index is 1.53. The molecule has 1 aliphatic heterocycles. The minimum absolute atomic E-state index is 0.289. The molecule has 0 saturated carbocycles. The topological polar surface area (TPSA) is 87.0 Å². The maximum absolute atomic E-state index is 9.29. The molecule has 5 rings (SSSR count). The van der Waals surface area contributed by atoms with E-state index in [0.717, 1.165) is 53.5 Å². The van der Waals surface area contributed by atoms with E-state index in [2.05, 4.69) is 61.5 Å². The van der Waals surface area contributed by atoms with Crippen LogP contribution in [-0.2, 0) is 6.54 Å². The second-order valence-corrected chi connectivity index (χ2v) is 9.93. The lowest BCUT2D eigenvalue weighted by atomic mass is 10.0. The van der Waals surface area contributed by atoms with Crippen molar-refractivity contribution in [1.82, 2.24) is 20.3 Å². The fraction of sp³-hybridized carbons (Fsp3) is 0.286. The molecule has 36 heavy (non-hydrogen) atoms. The summed E-state index contributed by atoms with van der Waals surface area (Å²) in [6, 6.07) is 16.5. The van der Waals surface area contributed by atoms with Gasteiger partial charge in [0.25, 0.3) is 0 Å². The summed E-state index contributed by atoms with van der Waals surface area (Å²) in [4.78, 5) is 16.5. The molecule has 2 aromatic carbocycles. The first-order valence-electron chi connectivity index (χ1n) is 12.0. The fourth-order valence-corrected chi connectivity index (χ4v) is 5.06. The number of hydrogen-bond acceptors (Lipinski definition) is 7. The van der Waals surface area contributed by atoms with E-state index in [1.165, 1.54) is 0 Å². The average Bonchev–Trinajstić information content (AvgIpc) is 2.91. The van der Waals surface area contributed by atoms with Gasteiger partial charge in [-0.3, -0.25) is 4.98 Å². The van der Waals surface area contributed by atoms with E-state index in [1.54, 1.807) is 6.20 Å². The van der Waals surface area contributed by atoms with E-state index in [0.29, 0.717) is 34.2 Å². The van der Waals surface area contributed by atoms with Gasteiger partial charge < -0.3 is 15.0 Å². The lowest BCUT2D eigenvalue weighted by Gasteiger charge is -2.35. The second-order valence-electron chi connectivity index (χ2n) is 9.08. The number of ether oxygens (including phenoxy) is 1. The lowest BCUT2D eigenvalue weighted by molar-refractivity contribution is 0.418. The molecule has 1 N–H and O–H groups in total. The number of nitrogens with zero attached hydrogens (tertiary/aromatic N) is 5. The van der Waals surface area contributed by atoms with Crippen molar-refractivity contribution in [3.8, 4) is 17.7 Å². The average molecular weight is 543 g/mol. The molecule has 7 nitrogen and oxygen atoms in total. The largest absolute Gasteiger partial charge is 0.437 e. The number of fused-ring (bicyclic) bond motifs is 1. The highest BCUT2D eigenvalue weighted by molar-refractivity contribution is 9.10. The number of benzene rings is 2. The number of pyridine rings is 1. The summed E-state index contributed by atoms with van der Waals surface area (Å²) in [6.45, 7) is 6.44. The molecule has 2 aromatic heterocycles. The van der Waals surface area contributed by atoms with Crippen LogP contribution >= 0.6 is 15.9 Å². The number of piperidine rings is 1. The molecule has 0 bridgehead atoms. The zero-order valence-electron chi connectivity index (χ0n) is 20.3. The highest BCUT2D eigenvalue weighted by Gasteiger charge is 2.25. The van der Waals surface area contributed by atoms with Gasteiger partial charge >= 0.3 is 0 Å². The molecule has 1 fully saturated rings. The van der Waals surface area contributed by atoms with E-state index < -0.39 is 0 Å². The summed E-state index contributed by atoms with van der Waals surface area (Å²) in [6.07, 6.45) is 5.59. The Morgan fingerprint density at radius 3 is 2.61 bits per heavy atom. The molecule has 1 aliphatic rings. The summed E-state index contributed by atoms with van der Waals surface area (Å²) in [5.41, 5.74) is 4.52. The second kappa shape index (κ2) is 10.6. The molecule has 0 aliphatic carbocycles. The van der Waals surface area contributed by atoms with Crippen LogP contribution < -0.4 is 15.0 Å². The van der Waals surface area contributed by atoms with Crippen LogP contribution in [0.3, 0.4) is 0 Å². The maximum Gasteiger partial charge on any atom is 0.238 e. The monoisotopic (exact) mass is 542 g/mol. The van der Waals surface area contributed by atoms with Crippen molar-refractivity contribution in [2.75, 3.05) is 18.0 Å². The Bertz CT molecular complexity index is 1420. The Hall–Kier alpha value is -3.54. The van der Waals surface area contributed by atoms with E-state index in [4.69, 9.17) is 14.7 Å². The van der Waals surface area contributed by atoms with Gasteiger partial charge in [-0.25, -0.2) is 4.98 Å². The lowest BCUT2D eigenvalue weighted by Crippen LogP contribution is -2.43. The van der Waals surface area contributed by atoms with Crippen molar-refractivity contribution in [2.45, 2.75) is 39.3 Å². The molecule has 0 amide bonds. The number of rotatable bonds is 6. The van der Waals surface area contributed by atoms with Crippen molar-refractivity contribution in [3.05, 3.63) is 81.6 Å². The summed E-state index contributed by atoms with van der Waals surface area (Å²) in [7, 11) is 0. The Morgan fingerprint density at radius 2 is 1.86 bits per heavy atom. The first-order chi connectivity index (χ1) is 17.5. The SMILES string of the molecule is Cc1cc(C#N)cc(C)c1Oc1nc(N(Cc2cccc3cccnc23)C2CCNCC2)ncc1Br. The van der Waals surface area contributed by atoms with Crippen LogP contribution in [0.2, 0.25) is 0 Å². The standard InChI is InChI=1S/C28H27BrN6O/c1-18-13-20(15-30)14-19(2)26(18)36-27-24(29)16-33-28(34-27)35(23-8-11-31-12-9-23)17-22-6-3-5-21-7-4-10-32-25(21)22/h3-7,10,13-14,16,23,31H,8-9,11-12,17H2,1-2H3. The van der Waals surface area contributed by atoms with Crippen LogP contribution in [-0.4, -0.2) is 34.1 Å². The Morgan fingerprint density at radius 1 is 1.11 bits per heavy atom. The van der Waals surface area contributed by atoms with Gasteiger partial charge in [0.1, 0.15) is 5.75 Å². The molecule has 0 atom stereocenters. The number of halogens is 1. The zero-order chi connectivity index (χ0) is 25.1. The highest BCUT2D eigenvalue weighted by atomic mass is 79.9. The Kier molecular flexibility index (Phi) is 7.12. The number of para-hydroxylation sites is 1. The highest BCUT2D eigenvalue weighted by Crippen LogP contribution is 2.34. The number of aromatic nitrogens is 3. The van der Waals surface area contributed by atoms with Crippen LogP contribution in [0.1, 0.15) is 35.1 Å². The molecule has 4 aromatic rings. The molecule has 0 radical (unpaired) electrons. The molecule has 0 spiro atoms. The van der Waals surface area contributed by atoms with Gasteiger partial charge in [0.05, 0.1) is 27.8 Å². The smallest absolute Gasteiger partial charge is 0.238 e. The van der Waals surface area contributed by atoms with E-state index >= 15 is 0 Å².